The number of aliphatic imine (C=N–C) groups is 1. The minimum Gasteiger partial charge on any atom is -0.326 e. The van der Waals surface area contributed by atoms with Crippen molar-refractivity contribution in [2.45, 2.75) is 38.5 Å². The van der Waals surface area contributed by atoms with Gasteiger partial charge in [0.25, 0.3) is 5.69 Å². The molecule has 0 heterocycles. The first-order chi connectivity index (χ1) is 14.5. The predicted octanol–water partition coefficient (Wildman–Crippen LogP) is 5.50. The van der Waals surface area contributed by atoms with E-state index in [2.05, 4.69) is 10.3 Å². The predicted molar refractivity (Wildman–Crippen MR) is 116 cm³/mol. The molecule has 2 aromatic carbocycles. The largest absolute Gasteiger partial charge is 0.326 e. The Morgan fingerprint density at radius 2 is 1.53 bits per heavy atom. The molecule has 4 aliphatic rings. The molecule has 0 saturated heterocycles. The zero-order valence-electron chi connectivity index (χ0n) is 16.8. The molecular formula is C24H25N3O3. The number of amides is 1. The van der Waals surface area contributed by atoms with E-state index in [1.165, 1.54) is 31.4 Å². The number of nitrogens with zero attached hydrogens (tertiary/aromatic N) is 2. The Labute approximate surface area is 175 Å². The number of rotatable bonds is 5. The first kappa shape index (κ1) is 19.0. The number of hydrogen-bond donors (Lipinski definition) is 1. The number of benzene rings is 2. The van der Waals surface area contributed by atoms with Crippen molar-refractivity contribution in [3.8, 4) is 0 Å². The van der Waals surface area contributed by atoms with Crippen molar-refractivity contribution in [3.05, 3.63) is 64.2 Å². The SMILES string of the molecule is O=C(Nc1ccc(N=Cc2ccc([N+](=O)[O-])cc2)cc1)C12CC3CC(CC(C3)C1)C2. The van der Waals surface area contributed by atoms with Gasteiger partial charge in [0.05, 0.1) is 16.0 Å². The van der Waals surface area contributed by atoms with Crippen LogP contribution < -0.4 is 5.32 Å². The topological polar surface area (TPSA) is 84.6 Å². The van der Waals surface area contributed by atoms with Crippen molar-refractivity contribution in [2.24, 2.45) is 28.2 Å². The molecule has 154 valence electrons. The minimum absolute atomic E-state index is 0.0614. The van der Waals surface area contributed by atoms with Gasteiger partial charge in [-0.1, -0.05) is 0 Å². The molecule has 4 aliphatic carbocycles. The highest BCUT2D eigenvalue weighted by molar-refractivity contribution is 5.95. The van der Waals surface area contributed by atoms with E-state index in [1.807, 2.05) is 24.3 Å². The molecular weight excluding hydrogens is 378 g/mol. The van der Waals surface area contributed by atoms with Gasteiger partial charge < -0.3 is 5.32 Å². The van der Waals surface area contributed by atoms with E-state index in [-0.39, 0.29) is 17.0 Å². The van der Waals surface area contributed by atoms with Crippen LogP contribution in [-0.4, -0.2) is 17.0 Å². The molecule has 0 aromatic heterocycles. The van der Waals surface area contributed by atoms with Crippen LogP contribution in [0, 0.1) is 33.3 Å². The van der Waals surface area contributed by atoms with Crippen molar-refractivity contribution < 1.29 is 9.72 Å². The van der Waals surface area contributed by atoms with E-state index in [4.69, 9.17) is 0 Å². The third-order valence-electron chi connectivity index (χ3n) is 7.11. The summed E-state index contributed by atoms with van der Waals surface area (Å²) in [5.41, 5.74) is 2.28. The number of anilines is 1. The molecule has 0 atom stereocenters. The summed E-state index contributed by atoms with van der Waals surface area (Å²) in [4.78, 5) is 27.9. The second kappa shape index (κ2) is 7.35. The Balaban J connectivity index is 1.23. The van der Waals surface area contributed by atoms with Gasteiger partial charge in [-0.3, -0.25) is 19.9 Å². The molecule has 0 unspecified atom stereocenters. The molecule has 6 rings (SSSR count). The number of non-ortho nitro benzene ring substituents is 1. The molecule has 6 nitrogen and oxygen atoms in total. The van der Waals surface area contributed by atoms with Gasteiger partial charge in [-0.25, -0.2) is 0 Å². The monoisotopic (exact) mass is 403 g/mol. The van der Waals surface area contributed by atoms with Crippen LogP contribution in [0.1, 0.15) is 44.1 Å². The van der Waals surface area contributed by atoms with Gasteiger partial charge in [-0.15, -0.1) is 0 Å². The normalized spacial score (nSPS) is 29.3. The van der Waals surface area contributed by atoms with E-state index < -0.39 is 4.92 Å². The average Bonchev–Trinajstić information content (AvgIpc) is 2.72. The number of hydrogen-bond acceptors (Lipinski definition) is 4. The Bertz CT molecular complexity index is 960. The summed E-state index contributed by atoms with van der Waals surface area (Å²) < 4.78 is 0. The van der Waals surface area contributed by atoms with E-state index in [9.17, 15) is 14.9 Å². The highest BCUT2D eigenvalue weighted by Gasteiger charge is 2.54. The fourth-order valence-corrected chi connectivity index (χ4v) is 6.11. The van der Waals surface area contributed by atoms with Crippen molar-refractivity contribution in [1.29, 1.82) is 0 Å². The van der Waals surface area contributed by atoms with Crippen molar-refractivity contribution in [1.82, 2.24) is 0 Å². The summed E-state index contributed by atoms with van der Waals surface area (Å²) >= 11 is 0. The summed E-state index contributed by atoms with van der Waals surface area (Å²) in [5, 5.41) is 13.9. The quantitative estimate of drug-likeness (QED) is 0.406. The van der Waals surface area contributed by atoms with Crippen LogP contribution in [0.5, 0.6) is 0 Å². The van der Waals surface area contributed by atoms with Crippen LogP contribution in [0.4, 0.5) is 17.1 Å². The van der Waals surface area contributed by atoms with E-state index >= 15 is 0 Å². The first-order valence-corrected chi connectivity index (χ1v) is 10.7. The molecule has 30 heavy (non-hydrogen) atoms. The molecule has 0 spiro atoms. The second-order valence-electron chi connectivity index (χ2n) is 9.31. The Morgan fingerprint density at radius 3 is 2.07 bits per heavy atom. The summed E-state index contributed by atoms with van der Waals surface area (Å²) in [6.07, 6.45) is 8.83. The molecule has 0 aliphatic heterocycles. The van der Waals surface area contributed by atoms with Gasteiger partial charge in [-0.2, -0.15) is 0 Å². The summed E-state index contributed by atoms with van der Waals surface area (Å²) in [5.74, 6) is 2.44. The molecule has 1 N–H and O–H groups in total. The van der Waals surface area contributed by atoms with Crippen molar-refractivity contribution in [2.75, 3.05) is 5.32 Å². The van der Waals surface area contributed by atoms with Gasteiger partial charge >= 0.3 is 0 Å². The van der Waals surface area contributed by atoms with Gasteiger partial charge in [0.15, 0.2) is 0 Å². The summed E-state index contributed by atoms with van der Waals surface area (Å²) in [6.45, 7) is 0. The molecule has 4 saturated carbocycles. The van der Waals surface area contributed by atoms with E-state index in [1.54, 1.807) is 18.3 Å². The van der Waals surface area contributed by atoms with E-state index in [0.717, 1.165) is 54.0 Å². The van der Waals surface area contributed by atoms with Crippen LogP contribution in [0.15, 0.2) is 53.5 Å². The smallest absolute Gasteiger partial charge is 0.269 e. The Kier molecular flexibility index (Phi) is 4.65. The summed E-state index contributed by atoms with van der Waals surface area (Å²) in [6, 6.07) is 13.8. The highest BCUT2D eigenvalue weighted by Crippen LogP contribution is 2.60. The number of carbonyl (C=O) groups excluding carboxylic acids is 1. The second-order valence-corrected chi connectivity index (χ2v) is 9.31. The lowest BCUT2D eigenvalue weighted by molar-refractivity contribution is -0.384. The lowest BCUT2D eigenvalue weighted by Crippen LogP contribution is -2.51. The molecule has 1 amide bonds. The average molecular weight is 403 g/mol. The maximum atomic E-state index is 13.1. The highest BCUT2D eigenvalue weighted by atomic mass is 16.6. The summed E-state index contributed by atoms with van der Waals surface area (Å²) in [7, 11) is 0. The van der Waals surface area contributed by atoms with Crippen LogP contribution in [0.2, 0.25) is 0 Å². The van der Waals surface area contributed by atoms with Gasteiger partial charge in [0, 0.05) is 24.0 Å². The lowest BCUT2D eigenvalue weighted by atomic mass is 9.49. The number of nitro benzene ring substituents is 1. The first-order valence-electron chi connectivity index (χ1n) is 10.7. The minimum atomic E-state index is -0.419. The molecule has 4 bridgehead atoms. The van der Waals surface area contributed by atoms with Crippen LogP contribution in [-0.2, 0) is 4.79 Å². The van der Waals surface area contributed by atoms with Crippen LogP contribution in [0.3, 0.4) is 0 Å². The molecule has 0 radical (unpaired) electrons. The fourth-order valence-electron chi connectivity index (χ4n) is 6.11. The maximum absolute atomic E-state index is 13.1. The number of carbonyl (C=O) groups is 1. The van der Waals surface area contributed by atoms with Gasteiger partial charge in [0.1, 0.15) is 0 Å². The zero-order valence-corrected chi connectivity index (χ0v) is 16.8. The maximum Gasteiger partial charge on any atom is 0.269 e. The Morgan fingerprint density at radius 1 is 0.967 bits per heavy atom. The number of nitrogens with one attached hydrogen (secondary N) is 1. The van der Waals surface area contributed by atoms with Gasteiger partial charge in [0.2, 0.25) is 5.91 Å². The van der Waals surface area contributed by atoms with Crippen molar-refractivity contribution >= 4 is 29.2 Å². The van der Waals surface area contributed by atoms with Crippen LogP contribution in [0.25, 0.3) is 0 Å². The third kappa shape index (κ3) is 3.62. The third-order valence-corrected chi connectivity index (χ3v) is 7.11. The standard InChI is InChI=1S/C24H25N3O3/c28-23(24-12-17-9-18(13-24)11-19(10-17)14-24)26-21-5-3-20(4-6-21)25-15-16-1-7-22(8-2-16)27(29)30/h1-8,15,17-19H,9-14H2,(H,26,28). The van der Waals surface area contributed by atoms with E-state index in [0.29, 0.717) is 0 Å². The van der Waals surface area contributed by atoms with Crippen LogP contribution >= 0.6 is 0 Å². The lowest BCUT2D eigenvalue weighted by Gasteiger charge is -2.55. The Hall–Kier alpha value is -3.02. The molecule has 2 aromatic rings. The molecule has 6 heteroatoms. The number of nitro groups is 1. The fraction of sp³-hybridized carbons (Fsp3) is 0.417. The zero-order chi connectivity index (χ0) is 20.7. The van der Waals surface area contributed by atoms with Gasteiger partial charge in [-0.05, 0) is 98.2 Å². The molecule has 4 fully saturated rings. The van der Waals surface area contributed by atoms with Crippen molar-refractivity contribution in [3.63, 3.8) is 0 Å².